The second kappa shape index (κ2) is 8.88. The van der Waals surface area contributed by atoms with Gasteiger partial charge in [0.1, 0.15) is 0 Å². The van der Waals surface area contributed by atoms with E-state index in [0.717, 1.165) is 24.8 Å². The van der Waals surface area contributed by atoms with Crippen LogP contribution < -0.4 is 0 Å². The molecule has 2 aliphatic rings. The number of hydrogen-bond acceptors (Lipinski definition) is 3. The number of carboxylic acids is 1. The number of nitrogens with zero attached hydrogens (tertiary/aromatic N) is 1. The summed E-state index contributed by atoms with van der Waals surface area (Å²) < 4.78 is 26.1. The van der Waals surface area contributed by atoms with Gasteiger partial charge in [-0.2, -0.15) is 0 Å². The summed E-state index contributed by atoms with van der Waals surface area (Å²) in [7, 11) is -3.29. The first-order valence-electron chi connectivity index (χ1n) is 9.72. The molecule has 0 radical (unpaired) electrons. The van der Waals surface area contributed by atoms with Gasteiger partial charge in [0, 0.05) is 25.4 Å². The Morgan fingerprint density at radius 2 is 1.75 bits per heavy atom. The minimum Gasteiger partial charge on any atom is -0.481 e. The molecule has 1 N–H and O–H groups in total. The van der Waals surface area contributed by atoms with E-state index in [1.54, 1.807) is 4.31 Å². The van der Waals surface area contributed by atoms with Gasteiger partial charge in [0.15, 0.2) is 0 Å². The second-order valence-corrected chi connectivity index (χ2v) is 9.43. The fourth-order valence-corrected chi connectivity index (χ4v) is 4.65. The van der Waals surface area contributed by atoms with Gasteiger partial charge in [-0.3, -0.25) is 4.79 Å². The number of benzene rings is 2. The molecular formula is C22H27NO4S. The molecule has 2 aromatic rings. The van der Waals surface area contributed by atoms with Crippen LogP contribution in [0.1, 0.15) is 49.1 Å². The predicted molar refractivity (Wildman–Crippen MR) is 111 cm³/mol. The molecule has 0 saturated heterocycles. The quantitative estimate of drug-likeness (QED) is 0.575. The van der Waals surface area contributed by atoms with Crippen molar-refractivity contribution in [2.75, 3.05) is 19.3 Å². The third-order valence-electron chi connectivity index (χ3n) is 5.34. The van der Waals surface area contributed by atoms with Crippen LogP contribution in [0.3, 0.4) is 0 Å². The third-order valence-corrected chi connectivity index (χ3v) is 6.61. The van der Waals surface area contributed by atoms with E-state index in [-0.39, 0.29) is 12.3 Å². The normalized spacial score (nSPS) is 15.4. The fraction of sp³-hybridized carbons (Fsp3) is 0.409. The van der Waals surface area contributed by atoms with Crippen LogP contribution in [0.4, 0.5) is 0 Å². The number of carboxylic acid groups (broad SMARTS) is 1. The smallest absolute Gasteiger partial charge is 0.303 e. The molecule has 0 fully saturated rings. The Kier molecular flexibility index (Phi) is 6.52. The molecule has 28 heavy (non-hydrogen) atoms. The summed E-state index contributed by atoms with van der Waals surface area (Å²) >= 11 is 0. The van der Waals surface area contributed by atoms with Gasteiger partial charge >= 0.3 is 5.97 Å². The zero-order valence-electron chi connectivity index (χ0n) is 16.2. The summed E-state index contributed by atoms with van der Waals surface area (Å²) in [5.41, 5.74) is 4.71. The number of hydrogen-bond donors (Lipinski definition) is 1. The van der Waals surface area contributed by atoms with Crippen molar-refractivity contribution < 1.29 is 18.3 Å². The Morgan fingerprint density at radius 1 is 1.04 bits per heavy atom. The van der Waals surface area contributed by atoms with Gasteiger partial charge in [-0.25, -0.2) is 12.7 Å². The molecule has 2 aliphatic carbocycles. The van der Waals surface area contributed by atoms with E-state index in [2.05, 4.69) is 30.3 Å². The summed E-state index contributed by atoms with van der Waals surface area (Å²) in [4.78, 5) is 10.6. The van der Waals surface area contributed by atoms with Gasteiger partial charge in [-0.05, 0) is 35.1 Å². The highest BCUT2D eigenvalue weighted by Gasteiger charge is 2.31. The van der Waals surface area contributed by atoms with Crippen LogP contribution in [-0.4, -0.2) is 43.1 Å². The largest absolute Gasteiger partial charge is 0.481 e. The first kappa shape index (κ1) is 20.6. The highest BCUT2D eigenvalue weighted by molar-refractivity contribution is 7.88. The first-order valence-corrected chi connectivity index (χ1v) is 11.6. The lowest BCUT2D eigenvalue weighted by atomic mass is 9.76. The molecule has 2 aromatic carbocycles. The summed E-state index contributed by atoms with van der Waals surface area (Å²) in [6, 6.07) is 16.5. The van der Waals surface area contributed by atoms with E-state index in [4.69, 9.17) is 5.11 Å². The minimum absolute atomic E-state index is 0.127. The lowest BCUT2D eigenvalue weighted by molar-refractivity contribution is -0.137. The molecule has 1 unspecified atom stereocenters. The lowest BCUT2D eigenvalue weighted by Gasteiger charge is -2.34. The maximum atomic E-state index is 12.3. The van der Waals surface area contributed by atoms with Crippen molar-refractivity contribution >= 4 is 16.0 Å². The second-order valence-electron chi connectivity index (χ2n) is 7.44. The SMILES string of the molecule is CS(=O)(=O)N(CCCCCCC(=O)O)CC1c2ccc(-c3ccccc3)c1c2. The monoisotopic (exact) mass is 401 g/mol. The van der Waals surface area contributed by atoms with E-state index < -0.39 is 16.0 Å². The van der Waals surface area contributed by atoms with Crippen LogP contribution in [0, 0.1) is 0 Å². The number of unbranched alkanes of at least 4 members (excludes halogenated alkanes) is 3. The highest BCUT2D eigenvalue weighted by Crippen LogP contribution is 2.43. The predicted octanol–water partition coefficient (Wildman–Crippen LogP) is 4.10. The van der Waals surface area contributed by atoms with Crippen LogP contribution in [0.5, 0.6) is 0 Å². The topological polar surface area (TPSA) is 74.7 Å². The summed E-state index contributed by atoms with van der Waals surface area (Å²) in [5, 5.41) is 8.68. The van der Waals surface area contributed by atoms with Gasteiger partial charge in [-0.15, -0.1) is 0 Å². The maximum absolute atomic E-state index is 12.3. The van der Waals surface area contributed by atoms with Crippen molar-refractivity contribution in [1.82, 2.24) is 4.31 Å². The number of sulfonamides is 1. The number of rotatable bonds is 11. The molecule has 0 spiro atoms. The van der Waals surface area contributed by atoms with Crippen LogP contribution in [-0.2, 0) is 14.8 Å². The van der Waals surface area contributed by atoms with Crippen molar-refractivity contribution in [2.45, 2.75) is 38.0 Å². The van der Waals surface area contributed by atoms with Crippen LogP contribution >= 0.6 is 0 Å². The number of aliphatic carboxylic acids is 1. The van der Waals surface area contributed by atoms with Crippen LogP contribution in [0.25, 0.3) is 11.1 Å². The Morgan fingerprint density at radius 3 is 2.39 bits per heavy atom. The fourth-order valence-electron chi connectivity index (χ4n) is 3.77. The first-order chi connectivity index (χ1) is 13.4. The molecule has 4 rings (SSSR count). The van der Waals surface area contributed by atoms with E-state index in [0.29, 0.717) is 19.5 Å². The van der Waals surface area contributed by atoms with Crippen molar-refractivity contribution in [1.29, 1.82) is 0 Å². The van der Waals surface area contributed by atoms with Gasteiger partial charge in [0.25, 0.3) is 0 Å². The number of fused-ring (bicyclic) bond motifs is 2. The van der Waals surface area contributed by atoms with Crippen molar-refractivity contribution in [3.8, 4) is 11.1 Å². The molecule has 6 heteroatoms. The summed E-state index contributed by atoms with van der Waals surface area (Å²) in [6.45, 7) is 0.948. The Balaban J connectivity index is 1.61. The highest BCUT2D eigenvalue weighted by atomic mass is 32.2. The van der Waals surface area contributed by atoms with Gasteiger partial charge < -0.3 is 5.11 Å². The zero-order chi connectivity index (χ0) is 20.1. The molecule has 1 atom stereocenters. The average molecular weight is 402 g/mol. The Bertz CT molecular complexity index is 921. The molecular weight excluding hydrogens is 374 g/mol. The Labute approximate surface area is 167 Å². The summed E-state index contributed by atoms with van der Waals surface area (Å²) in [5.74, 6) is -0.653. The van der Waals surface area contributed by atoms with Crippen molar-refractivity contribution in [3.63, 3.8) is 0 Å². The van der Waals surface area contributed by atoms with Crippen LogP contribution in [0.15, 0.2) is 48.5 Å². The zero-order valence-corrected chi connectivity index (χ0v) is 17.0. The standard InChI is InChI=1S/C22H27NO4S/c1-28(26,27)23(14-8-3-2-7-11-22(24)25)16-21-18-12-13-19(20(21)15-18)17-9-5-4-6-10-17/h4-6,9-10,12-13,15,21H,2-3,7-8,11,14,16H2,1H3,(H,24,25). The maximum Gasteiger partial charge on any atom is 0.303 e. The number of carbonyl (C=O) groups is 1. The molecule has 0 saturated carbocycles. The third kappa shape index (κ3) is 5.00. The molecule has 0 aliphatic heterocycles. The van der Waals surface area contributed by atoms with Crippen molar-refractivity contribution in [3.05, 3.63) is 59.7 Å². The summed E-state index contributed by atoms with van der Waals surface area (Å²) in [6.07, 6.45) is 4.48. The van der Waals surface area contributed by atoms with Gasteiger partial charge in [0.2, 0.25) is 10.0 Å². The van der Waals surface area contributed by atoms with Gasteiger partial charge in [0.05, 0.1) is 6.26 Å². The molecule has 150 valence electrons. The molecule has 5 nitrogen and oxygen atoms in total. The van der Waals surface area contributed by atoms with Gasteiger partial charge in [-0.1, -0.05) is 61.4 Å². The minimum atomic E-state index is -3.29. The lowest BCUT2D eigenvalue weighted by Crippen LogP contribution is -2.37. The van der Waals surface area contributed by atoms with Crippen LogP contribution in [0.2, 0.25) is 0 Å². The van der Waals surface area contributed by atoms with E-state index in [1.807, 2.05) is 18.2 Å². The van der Waals surface area contributed by atoms with E-state index in [1.165, 1.54) is 22.9 Å². The average Bonchev–Trinajstić information content (AvgIpc) is 2.66. The van der Waals surface area contributed by atoms with E-state index in [9.17, 15) is 13.2 Å². The molecule has 2 bridgehead atoms. The van der Waals surface area contributed by atoms with Crippen molar-refractivity contribution in [2.24, 2.45) is 0 Å². The molecule has 0 amide bonds. The van der Waals surface area contributed by atoms with E-state index >= 15 is 0 Å². The molecule has 0 aromatic heterocycles. The molecule has 0 heterocycles. The Hall–Kier alpha value is -2.18.